The lowest BCUT2D eigenvalue weighted by atomic mass is 10.2. The topological polar surface area (TPSA) is 52.0 Å². The van der Waals surface area contributed by atoms with Crippen LogP contribution in [0.15, 0.2) is 49.1 Å². The lowest BCUT2D eigenvalue weighted by Crippen LogP contribution is -2.06. The summed E-state index contributed by atoms with van der Waals surface area (Å²) in [5, 5.41) is 4.41. The van der Waals surface area contributed by atoms with E-state index < -0.39 is 0 Å². The maximum Gasteiger partial charge on any atom is 0.171 e. The van der Waals surface area contributed by atoms with Crippen LogP contribution in [0.5, 0.6) is 0 Å². The molecule has 0 aliphatic heterocycles. The van der Waals surface area contributed by atoms with Gasteiger partial charge in [-0.3, -0.25) is 0 Å². The smallest absolute Gasteiger partial charge is 0.171 e. The molecule has 0 spiro atoms. The second kappa shape index (κ2) is 5.48. The van der Waals surface area contributed by atoms with Gasteiger partial charge >= 0.3 is 0 Å². The number of aromatic amines is 1. The van der Waals surface area contributed by atoms with Crippen molar-refractivity contribution in [3.05, 3.63) is 58.2 Å². The molecular weight excluding hydrogens is 351 g/mol. The molecule has 0 aliphatic carbocycles. The largest absolute Gasteiger partial charge is 0.365 e. The molecule has 94 valence electrons. The van der Waals surface area contributed by atoms with Crippen molar-refractivity contribution in [3.63, 3.8) is 0 Å². The number of aromatic nitrogens is 3. The van der Waals surface area contributed by atoms with Crippen LogP contribution in [0.2, 0.25) is 0 Å². The fraction of sp³-hybridized carbons (Fsp3) is 0.0714. The van der Waals surface area contributed by atoms with Crippen LogP contribution in [0.25, 0.3) is 10.9 Å². The average molecular weight is 363 g/mol. The van der Waals surface area contributed by atoms with E-state index in [4.69, 9.17) is 0 Å². The van der Waals surface area contributed by atoms with Gasteiger partial charge in [-0.25, -0.2) is 15.0 Å². The van der Waals surface area contributed by atoms with E-state index in [1.807, 2.05) is 30.6 Å². The first kappa shape index (κ1) is 12.3. The molecule has 0 saturated carbocycles. The van der Waals surface area contributed by atoms with Crippen molar-refractivity contribution < 1.29 is 4.98 Å². The molecule has 0 radical (unpaired) electrons. The Kier molecular flexibility index (Phi) is 3.54. The van der Waals surface area contributed by atoms with Crippen LogP contribution in [0.3, 0.4) is 0 Å². The molecular formula is C14H12IN4+. The SMILES string of the molecule is Ic1ccc2ncnc(NCc3ccc[nH+]c3)c2c1. The standard InChI is InChI=1S/C14H11IN4/c15-11-3-4-13-12(6-11)14(19-9-18-13)17-8-10-2-1-5-16-7-10/h1-7,9H,8H2,(H,17,18,19)/p+1. The zero-order valence-corrected chi connectivity index (χ0v) is 12.3. The van der Waals surface area contributed by atoms with Gasteiger partial charge in [-0.05, 0) is 46.9 Å². The number of fused-ring (bicyclic) bond motifs is 1. The molecule has 3 rings (SSSR count). The van der Waals surface area contributed by atoms with Crippen LogP contribution in [0.4, 0.5) is 5.82 Å². The monoisotopic (exact) mass is 363 g/mol. The number of nitrogens with one attached hydrogen (secondary N) is 2. The van der Waals surface area contributed by atoms with Crippen LogP contribution in [-0.2, 0) is 6.54 Å². The lowest BCUT2D eigenvalue weighted by Gasteiger charge is -2.07. The summed E-state index contributed by atoms with van der Waals surface area (Å²) >= 11 is 2.30. The number of rotatable bonds is 3. The minimum absolute atomic E-state index is 0.731. The molecule has 0 fully saturated rings. The predicted molar refractivity (Wildman–Crippen MR) is 82.6 cm³/mol. The van der Waals surface area contributed by atoms with E-state index in [9.17, 15) is 0 Å². The minimum atomic E-state index is 0.731. The highest BCUT2D eigenvalue weighted by Gasteiger charge is 2.04. The fourth-order valence-electron chi connectivity index (χ4n) is 1.90. The molecule has 0 bridgehead atoms. The van der Waals surface area contributed by atoms with Crippen molar-refractivity contribution in [3.8, 4) is 0 Å². The van der Waals surface area contributed by atoms with Crippen LogP contribution < -0.4 is 10.3 Å². The number of benzene rings is 1. The Bertz CT molecular complexity index is 700. The molecule has 0 atom stereocenters. The van der Waals surface area contributed by atoms with Gasteiger partial charge in [-0.2, -0.15) is 0 Å². The zero-order valence-electron chi connectivity index (χ0n) is 10.1. The van der Waals surface area contributed by atoms with Crippen molar-refractivity contribution >= 4 is 39.3 Å². The number of hydrogen-bond acceptors (Lipinski definition) is 3. The van der Waals surface area contributed by atoms with E-state index in [1.54, 1.807) is 6.33 Å². The minimum Gasteiger partial charge on any atom is -0.365 e. The average Bonchev–Trinajstić information content (AvgIpc) is 2.46. The molecule has 2 aromatic heterocycles. The fourth-order valence-corrected chi connectivity index (χ4v) is 2.39. The van der Waals surface area contributed by atoms with Crippen molar-refractivity contribution in [2.75, 3.05) is 5.32 Å². The highest BCUT2D eigenvalue weighted by molar-refractivity contribution is 14.1. The van der Waals surface area contributed by atoms with Crippen molar-refractivity contribution in [2.45, 2.75) is 6.54 Å². The molecule has 1 aromatic carbocycles. The number of pyridine rings is 1. The summed E-state index contributed by atoms with van der Waals surface area (Å²) in [4.78, 5) is 11.7. The van der Waals surface area contributed by atoms with Crippen molar-refractivity contribution in [1.29, 1.82) is 0 Å². The Labute approximate surface area is 124 Å². The summed E-state index contributed by atoms with van der Waals surface area (Å²) in [5.74, 6) is 0.868. The second-order valence-corrected chi connectivity index (χ2v) is 5.39. The van der Waals surface area contributed by atoms with Crippen molar-refractivity contribution in [1.82, 2.24) is 9.97 Å². The van der Waals surface area contributed by atoms with E-state index in [0.717, 1.165) is 23.3 Å². The second-order valence-electron chi connectivity index (χ2n) is 4.15. The first-order valence-electron chi connectivity index (χ1n) is 5.92. The third-order valence-electron chi connectivity index (χ3n) is 2.83. The summed E-state index contributed by atoms with van der Waals surface area (Å²) in [6, 6.07) is 10.2. The van der Waals surface area contributed by atoms with E-state index in [1.165, 1.54) is 9.13 Å². The predicted octanol–water partition coefficient (Wildman–Crippen LogP) is 2.66. The number of nitrogens with zero attached hydrogens (tertiary/aromatic N) is 2. The molecule has 5 heteroatoms. The number of H-pyrrole nitrogens is 1. The molecule has 0 unspecified atom stereocenters. The first-order valence-corrected chi connectivity index (χ1v) is 7.00. The van der Waals surface area contributed by atoms with Gasteiger partial charge in [0.15, 0.2) is 12.4 Å². The Morgan fingerprint density at radius 1 is 1.21 bits per heavy atom. The Hall–Kier alpha value is -1.76. The van der Waals surface area contributed by atoms with Crippen LogP contribution >= 0.6 is 22.6 Å². The third-order valence-corrected chi connectivity index (χ3v) is 3.50. The molecule has 3 aromatic rings. The highest BCUT2D eigenvalue weighted by Crippen LogP contribution is 2.21. The van der Waals surface area contributed by atoms with Gasteiger partial charge in [0, 0.05) is 27.1 Å². The molecule has 19 heavy (non-hydrogen) atoms. The summed E-state index contributed by atoms with van der Waals surface area (Å²) in [6.45, 7) is 0.731. The normalized spacial score (nSPS) is 10.6. The van der Waals surface area contributed by atoms with E-state index in [-0.39, 0.29) is 0 Å². The van der Waals surface area contributed by atoms with Gasteiger partial charge in [0.2, 0.25) is 0 Å². The lowest BCUT2D eigenvalue weighted by molar-refractivity contribution is -0.378. The van der Waals surface area contributed by atoms with Gasteiger partial charge in [-0.15, -0.1) is 0 Å². The third kappa shape index (κ3) is 2.81. The Balaban J connectivity index is 1.90. The van der Waals surface area contributed by atoms with Gasteiger partial charge in [0.05, 0.1) is 5.52 Å². The number of anilines is 1. The molecule has 2 heterocycles. The van der Waals surface area contributed by atoms with Gasteiger partial charge < -0.3 is 5.32 Å². The van der Waals surface area contributed by atoms with Gasteiger partial charge in [0.1, 0.15) is 12.1 Å². The number of halogens is 1. The van der Waals surface area contributed by atoms with Crippen LogP contribution in [0, 0.1) is 3.57 Å². The van der Waals surface area contributed by atoms with E-state index >= 15 is 0 Å². The molecule has 0 amide bonds. The van der Waals surface area contributed by atoms with E-state index in [2.05, 4.69) is 55.0 Å². The number of hydrogen-bond donors (Lipinski definition) is 1. The quantitative estimate of drug-likeness (QED) is 0.728. The molecule has 2 N–H and O–H groups in total. The zero-order chi connectivity index (χ0) is 13.1. The maximum atomic E-state index is 4.33. The van der Waals surface area contributed by atoms with Crippen molar-refractivity contribution in [2.24, 2.45) is 0 Å². The molecule has 0 aliphatic rings. The summed E-state index contributed by atoms with van der Waals surface area (Å²) in [5.41, 5.74) is 2.14. The van der Waals surface area contributed by atoms with Crippen LogP contribution in [0.1, 0.15) is 5.56 Å². The highest BCUT2D eigenvalue weighted by atomic mass is 127. The molecule has 0 saturated heterocycles. The Morgan fingerprint density at radius 2 is 2.16 bits per heavy atom. The first-order chi connectivity index (χ1) is 9.33. The maximum absolute atomic E-state index is 4.33. The Morgan fingerprint density at radius 3 is 3.00 bits per heavy atom. The van der Waals surface area contributed by atoms with Gasteiger partial charge in [0.25, 0.3) is 0 Å². The van der Waals surface area contributed by atoms with Crippen LogP contribution in [-0.4, -0.2) is 9.97 Å². The van der Waals surface area contributed by atoms with E-state index in [0.29, 0.717) is 0 Å². The summed E-state index contributed by atoms with van der Waals surface area (Å²) in [6.07, 6.45) is 5.46. The summed E-state index contributed by atoms with van der Waals surface area (Å²) in [7, 11) is 0. The summed E-state index contributed by atoms with van der Waals surface area (Å²) < 4.78 is 1.18. The van der Waals surface area contributed by atoms with Gasteiger partial charge in [-0.1, -0.05) is 0 Å². The molecule has 4 nitrogen and oxygen atoms in total.